The van der Waals surface area contributed by atoms with Crippen LogP contribution in [0.1, 0.15) is 34.7 Å². The highest BCUT2D eigenvalue weighted by Crippen LogP contribution is 2.40. The van der Waals surface area contributed by atoms with E-state index in [-0.39, 0.29) is 0 Å². The second kappa shape index (κ2) is 12.7. The van der Waals surface area contributed by atoms with Gasteiger partial charge >= 0.3 is 0 Å². The van der Waals surface area contributed by atoms with E-state index in [0.717, 1.165) is 17.8 Å². The van der Waals surface area contributed by atoms with E-state index in [4.69, 9.17) is 0 Å². The van der Waals surface area contributed by atoms with Crippen LogP contribution in [-0.4, -0.2) is 0 Å². The van der Waals surface area contributed by atoms with Crippen molar-refractivity contribution in [2.24, 2.45) is 0 Å². The molecule has 44 heavy (non-hydrogen) atoms. The van der Waals surface area contributed by atoms with Crippen LogP contribution < -0.4 is 9.80 Å². The standard InChI is InChI=1S/C42H40N2/c1-6-34-18-27-40(29-33(34)5)43(39-15-11-12-30(2)28-39)37-23-19-35(20-24-37)36-21-25-38(26-22-36)44(41-16-9-7-13-31(41)3)42-17-10-8-14-32(42)4/h7-29H,6H2,1-5H3. The quantitative estimate of drug-likeness (QED) is 0.179. The molecule has 0 bridgehead atoms. The lowest BCUT2D eigenvalue weighted by Crippen LogP contribution is -2.12. The molecule has 0 saturated carbocycles. The summed E-state index contributed by atoms with van der Waals surface area (Å²) in [7, 11) is 0. The summed E-state index contributed by atoms with van der Waals surface area (Å²) in [5.74, 6) is 0. The first-order valence-electron chi connectivity index (χ1n) is 15.5. The van der Waals surface area contributed by atoms with E-state index in [1.54, 1.807) is 0 Å². The number of hydrogen-bond donors (Lipinski definition) is 0. The third-order valence-electron chi connectivity index (χ3n) is 8.52. The molecule has 0 unspecified atom stereocenters. The highest BCUT2D eigenvalue weighted by Gasteiger charge is 2.17. The van der Waals surface area contributed by atoms with Crippen molar-refractivity contribution >= 4 is 34.1 Å². The molecule has 0 radical (unpaired) electrons. The highest BCUT2D eigenvalue weighted by molar-refractivity contribution is 5.82. The van der Waals surface area contributed by atoms with Gasteiger partial charge in [-0.05, 0) is 134 Å². The van der Waals surface area contributed by atoms with E-state index in [2.05, 4.69) is 184 Å². The normalized spacial score (nSPS) is 10.9. The van der Waals surface area contributed by atoms with Crippen LogP contribution in [0, 0.1) is 27.7 Å². The second-order valence-electron chi connectivity index (χ2n) is 11.6. The van der Waals surface area contributed by atoms with Crippen molar-refractivity contribution in [2.45, 2.75) is 41.0 Å². The monoisotopic (exact) mass is 572 g/mol. The zero-order chi connectivity index (χ0) is 30.6. The van der Waals surface area contributed by atoms with Gasteiger partial charge in [-0.15, -0.1) is 0 Å². The van der Waals surface area contributed by atoms with E-state index in [9.17, 15) is 0 Å². The lowest BCUT2D eigenvalue weighted by atomic mass is 10.0. The van der Waals surface area contributed by atoms with E-state index in [1.165, 1.54) is 61.7 Å². The molecule has 0 atom stereocenters. The van der Waals surface area contributed by atoms with Gasteiger partial charge < -0.3 is 9.80 Å². The Labute approximate surface area is 262 Å². The third kappa shape index (κ3) is 5.89. The van der Waals surface area contributed by atoms with Crippen molar-refractivity contribution in [3.05, 3.63) is 167 Å². The number of para-hydroxylation sites is 2. The minimum absolute atomic E-state index is 1.04. The minimum atomic E-state index is 1.04. The lowest BCUT2D eigenvalue weighted by Gasteiger charge is -2.28. The molecule has 0 amide bonds. The fourth-order valence-electron chi connectivity index (χ4n) is 6.07. The molecule has 2 heteroatoms. The fraction of sp³-hybridized carbons (Fsp3) is 0.143. The van der Waals surface area contributed by atoms with Crippen molar-refractivity contribution in [2.75, 3.05) is 9.80 Å². The van der Waals surface area contributed by atoms with Crippen molar-refractivity contribution in [1.29, 1.82) is 0 Å². The van der Waals surface area contributed by atoms with E-state index in [0.29, 0.717) is 0 Å². The largest absolute Gasteiger partial charge is 0.310 e. The summed E-state index contributed by atoms with van der Waals surface area (Å²) in [6, 6.07) is 50.6. The van der Waals surface area contributed by atoms with Crippen LogP contribution in [0.3, 0.4) is 0 Å². The van der Waals surface area contributed by atoms with Crippen LogP contribution in [0.15, 0.2) is 140 Å². The summed E-state index contributed by atoms with van der Waals surface area (Å²) in [4.78, 5) is 4.72. The van der Waals surface area contributed by atoms with Gasteiger partial charge in [0.05, 0.1) is 0 Å². The molecule has 0 heterocycles. The maximum absolute atomic E-state index is 2.36. The zero-order valence-electron chi connectivity index (χ0n) is 26.4. The first-order chi connectivity index (χ1) is 21.4. The number of benzene rings is 6. The molecule has 0 fully saturated rings. The Kier molecular flexibility index (Phi) is 8.34. The first kappa shape index (κ1) is 29.0. The predicted molar refractivity (Wildman–Crippen MR) is 190 cm³/mol. The van der Waals surface area contributed by atoms with Gasteiger partial charge in [-0.2, -0.15) is 0 Å². The molecule has 6 aromatic carbocycles. The molecule has 2 nitrogen and oxygen atoms in total. The van der Waals surface area contributed by atoms with Crippen LogP contribution in [0.2, 0.25) is 0 Å². The number of anilines is 6. The fourth-order valence-corrected chi connectivity index (χ4v) is 6.07. The van der Waals surface area contributed by atoms with Gasteiger partial charge in [-0.3, -0.25) is 0 Å². The average Bonchev–Trinajstić information content (AvgIpc) is 3.04. The Morgan fingerprint density at radius 3 is 1.41 bits per heavy atom. The third-order valence-corrected chi connectivity index (χ3v) is 8.52. The Morgan fingerprint density at radius 2 is 0.909 bits per heavy atom. The van der Waals surface area contributed by atoms with Crippen molar-refractivity contribution in [1.82, 2.24) is 0 Å². The van der Waals surface area contributed by atoms with Crippen LogP contribution in [0.4, 0.5) is 34.1 Å². The van der Waals surface area contributed by atoms with E-state index < -0.39 is 0 Å². The number of hydrogen-bond acceptors (Lipinski definition) is 2. The zero-order valence-corrected chi connectivity index (χ0v) is 26.4. The molecule has 0 spiro atoms. The SMILES string of the molecule is CCc1ccc(N(c2ccc(-c3ccc(N(c4ccccc4C)c4ccccc4C)cc3)cc2)c2cccc(C)c2)cc1C. The second-order valence-corrected chi connectivity index (χ2v) is 11.6. The Bertz CT molecular complexity index is 1840. The summed E-state index contributed by atoms with van der Waals surface area (Å²) in [5, 5.41) is 0. The Morgan fingerprint density at radius 1 is 0.409 bits per heavy atom. The molecule has 0 aliphatic rings. The van der Waals surface area contributed by atoms with Gasteiger partial charge in [0.25, 0.3) is 0 Å². The van der Waals surface area contributed by atoms with Crippen molar-refractivity contribution in [3.63, 3.8) is 0 Å². The molecule has 0 aromatic heterocycles. The van der Waals surface area contributed by atoms with Gasteiger partial charge in [-0.25, -0.2) is 0 Å². The molecule has 6 aromatic rings. The summed E-state index contributed by atoms with van der Waals surface area (Å²) in [6.07, 6.45) is 1.04. The predicted octanol–water partition coefficient (Wildman–Crippen LogP) is 12.1. The minimum Gasteiger partial charge on any atom is -0.310 e. The van der Waals surface area contributed by atoms with Gasteiger partial charge in [0.1, 0.15) is 0 Å². The molecule has 218 valence electrons. The van der Waals surface area contributed by atoms with Gasteiger partial charge in [0.2, 0.25) is 0 Å². The highest BCUT2D eigenvalue weighted by atomic mass is 15.1. The Balaban J connectivity index is 1.35. The molecule has 0 saturated heterocycles. The summed E-state index contributed by atoms with van der Waals surface area (Å²) < 4.78 is 0. The van der Waals surface area contributed by atoms with Gasteiger partial charge in [0, 0.05) is 34.1 Å². The molecular formula is C42H40N2. The molecule has 6 rings (SSSR count). The van der Waals surface area contributed by atoms with E-state index in [1.807, 2.05) is 0 Å². The summed E-state index contributed by atoms with van der Waals surface area (Å²) in [5.41, 5.74) is 15.8. The summed E-state index contributed by atoms with van der Waals surface area (Å²) >= 11 is 0. The van der Waals surface area contributed by atoms with E-state index >= 15 is 0 Å². The smallest absolute Gasteiger partial charge is 0.0490 e. The van der Waals surface area contributed by atoms with Gasteiger partial charge in [0.15, 0.2) is 0 Å². The van der Waals surface area contributed by atoms with Crippen LogP contribution in [-0.2, 0) is 6.42 Å². The number of rotatable bonds is 8. The van der Waals surface area contributed by atoms with Crippen LogP contribution in [0.5, 0.6) is 0 Å². The van der Waals surface area contributed by atoms with Crippen LogP contribution in [0.25, 0.3) is 11.1 Å². The maximum Gasteiger partial charge on any atom is 0.0490 e. The summed E-state index contributed by atoms with van der Waals surface area (Å²) in [6.45, 7) is 10.9. The Hall–Kier alpha value is -5.08. The van der Waals surface area contributed by atoms with Crippen molar-refractivity contribution < 1.29 is 0 Å². The van der Waals surface area contributed by atoms with Crippen LogP contribution >= 0.6 is 0 Å². The molecular weight excluding hydrogens is 532 g/mol. The average molecular weight is 573 g/mol. The first-order valence-corrected chi connectivity index (χ1v) is 15.5. The number of aryl methyl sites for hydroxylation is 5. The van der Waals surface area contributed by atoms with Crippen molar-refractivity contribution in [3.8, 4) is 11.1 Å². The molecule has 0 aliphatic carbocycles. The number of nitrogens with zero attached hydrogens (tertiary/aromatic N) is 2. The molecule has 0 aliphatic heterocycles. The maximum atomic E-state index is 2.36. The topological polar surface area (TPSA) is 6.48 Å². The lowest BCUT2D eigenvalue weighted by molar-refractivity contribution is 1.10. The van der Waals surface area contributed by atoms with Gasteiger partial charge in [-0.1, -0.05) is 85.8 Å². The molecule has 0 N–H and O–H groups in total.